The van der Waals surface area contributed by atoms with Gasteiger partial charge in [-0.25, -0.2) is 0 Å². The van der Waals surface area contributed by atoms with Crippen LogP contribution in [0.2, 0.25) is 0 Å². The number of carboxylic acid groups (broad SMARTS) is 1. The number of carboxylic acids is 1. The normalized spacial score (nSPS) is 15.6. The van der Waals surface area contributed by atoms with Gasteiger partial charge in [-0.1, -0.05) is 59.7 Å². The fourth-order valence-electron chi connectivity index (χ4n) is 5.10. The SMILES string of the molecule is COc1ccc(CC(=O)N2CCCN(C(=O)c3cccc(C)c3)C2C(=O)NC(CC(=O)O)c2cccc(C)c2)cc1. The molecule has 9 nitrogen and oxygen atoms in total. The number of hydrogen-bond acceptors (Lipinski definition) is 5. The first-order valence-corrected chi connectivity index (χ1v) is 13.5. The van der Waals surface area contributed by atoms with Crippen molar-refractivity contribution in [2.24, 2.45) is 0 Å². The van der Waals surface area contributed by atoms with E-state index in [4.69, 9.17) is 4.74 Å². The molecule has 1 saturated heterocycles. The zero-order chi connectivity index (χ0) is 29.5. The number of nitrogens with one attached hydrogen (secondary N) is 1. The molecule has 214 valence electrons. The van der Waals surface area contributed by atoms with E-state index in [1.165, 1.54) is 9.80 Å². The van der Waals surface area contributed by atoms with Gasteiger partial charge in [0, 0.05) is 18.7 Å². The second-order valence-corrected chi connectivity index (χ2v) is 10.3. The van der Waals surface area contributed by atoms with Crippen LogP contribution in [0.4, 0.5) is 0 Å². The van der Waals surface area contributed by atoms with Crippen LogP contribution < -0.4 is 10.1 Å². The first-order valence-electron chi connectivity index (χ1n) is 13.5. The minimum Gasteiger partial charge on any atom is -0.497 e. The molecule has 0 aliphatic carbocycles. The predicted molar refractivity (Wildman–Crippen MR) is 153 cm³/mol. The maximum Gasteiger partial charge on any atom is 0.305 e. The number of methoxy groups -OCH3 is 1. The van der Waals surface area contributed by atoms with E-state index in [0.717, 1.165) is 16.7 Å². The number of amides is 3. The molecule has 0 spiro atoms. The molecule has 2 atom stereocenters. The highest BCUT2D eigenvalue weighted by Gasteiger charge is 2.41. The van der Waals surface area contributed by atoms with E-state index in [0.29, 0.717) is 23.3 Å². The molecule has 0 radical (unpaired) electrons. The number of carbonyl (C=O) groups is 4. The van der Waals surface area contributed by atoms with Crippen molar-refractivity contribution in [2.45, 2.75) is 45.3 Å². The van der Waals surface area contributed by atoms with E-state index in [-0.39, 0.29) is 37.7 Å². The lowest BCUT2D eigenvalue weighted by atomic mass is 10.0. The third kappa shape index (κ3) is 7.30. The Labute approximate surface area is 239 Å². The zero-order valence-electron chi connectivity index (χ0n) is 23.5. The van der Waals surface area contributed by atoms with Crippen LogP contribution in [0.3, 0.4) is 0 Å². The van der Waals surface area contributed by atoms with Crippen molar-refractivity contribution in [3.8, 4) is 5.75 Å². The maximum atomic E-state index is 14.0. The van der Waals surface area contributed by atoms with Crippen molar-refractivity contribution in [3.63, 3.8) is 0 Å². The van der Waals surface area contributed by atoms with Crippen molar-refractivity contribution in [1.29, 1.82) is 0 Å². The Morgan fingerprint density at radius 3 is 2.22 bits per heavy atom. The van der Waals surface area contributed by atoms with Crippen molar-refractivity contribution in [3.05, 3.63) is 101 Å². The number of nitrogens with zero attached hydrogens (tertiary/aromatic N) is 2. The summed E-state index contributed by atoms with van der Waals surface area (Å²) >= 11 is 0. The molecular weight excluding hydrogens is 522 g/mol. The molecule has 0 aromatic heterocycles. The van der Waals surface area contributed by atoms with Crippen molar-refractivity contribution in [1.82, 2.24) is 15.1 Å². The van der Waals surface area contributed by atoms with Gasteiger partial charge in [0.2, 0.25) is 5.91 Å². The Morgan fingerprint density at radius 2 is 1.59 bits per heavy atom. The number of benzene rings is 3. The Hall–Kier alpha value is -4.66. The van der Waals surface area contributed by atoms with Crippen LogP contribution in [0.25, 0.3) is 0 Å². The van der Waals surface area contributed by atoms with E-state index in [1.54, 1.807) is 61.7 Å². The zero-order valence-corrected chi connectivity index (χ0v) is 23.5. The first-order chi connectivity index (χ1) is 19.7. The van der Waals surface area contributed by atoms with Gasteiger partial charge >= 0.3 is 5.97 Å². The van der Waals surface area contributed by atoms with E-state index < -0.39 is 24.1 Å². The molecule has 1 fully saturated rings. The van der Waals surface area contributed by atoms with Crippen LogP contribution in [0, 0.1) is 13.8 Å². The van der Waals surface area contributed by atoms with Gasteiger partial charge in [0.25, 0.3) is 11.8 Å². The summed E-state index contributed by atoms with van der Waals surface area (Å²) in [5.41, 5.74) is 3.58. The van der Waals surface area contributed by atoms with Crippen LogP contribution >= 0.6 is 0 Å². The van der Waals surface area contributed by atoms with Gasteiger partial charge in [-0.3, -0.25) is 19.2 Å². The quantitative estimate of drug-likeness (QED) is 0.413. The Bertz CT molecular complexity index is 1420. The maximum absolute atomic E-state index is 14.0. The molecule has 3 aromatic carbocycles. The molecular formula is C32H35N3O6. The molecule has 1 heterocycles. The smallest absolute Gasteiger partial charge is 0.305 e. The lowest BCUT2D eigenvalue weighted by molar-refractivity contribution is -0.149. The fraction of sp³-hybridized carbons (Fsp3) is 0.312. The first kappa shape index (κ1) is 29.3. The lowest BCUT2D eigenvalue weighted by Crippen LogP contribution is -2.64. The molecule has 0 bridgehead atoms. The topological polar surface area (TPSA) is 116 Å². The second kappa shape index (κ2) is 13.1. The van der Waals surface area contributed by atoms with Crippen LogP contribution in [0.5, 0.6) is 5.75 Å². The minimum absolute atomic E-state index is 0.0245. The molecule has 2 N–H and O–H groups in total. The van der Waals surface area contributed by atoms with E-state index in [9.17, 15) is 24.3 Å². The van der Waals surface area contributed by atoms with Gasteiger partial charge in [0.1, 0.15) is 5.75 Å². The van der Waals surface area contributed by atoms with Crippen LogP contribution in [0.15, 0.2) is 72.8 Å². The Morgan fingerprint density at radius 1 is 0.927 bits per heavy atom. The molecule has 2 unspecified atom stereocenters. The van der Waals surface area contributed by atoms with Crippen LogP contribution in [-0.2, 0) is 20.8 Å². The average molecular weight is 558 g/mol. The third-order valence-electron chi connectivity index (χ3n) is 7.12. The molecule has 0 saturated carbocycles. The number of carbonyl (C=O) groups excluding carboxylic acids is 3. The van der Waals surface area contributed by atoms with Gasteiger partial charge in [-0.2, -0.15) is 0 Å². The van der Waals surface area contributed by atoms with Crippen molar-refractivity contribution in [2.75, 3.05) is 20.2 Å². The standard InChI is InChI=1S/C32H35N3O6/c1-21-7-4-9-24(17-21)27(20-29(37)38)33-30(39)31-34(28(36)19-23-11-13-26(41-3)14-12-23)15-6-16-35(31)32(40)25-10-5-8-22(2)18-25/h4-5,7-14,17-18,27,31H,6,15-16,19-20H2,1-3H3,(H,33,39)(H,37,38). The van der Waals surface area contributed by atoms with Crippen LogP contribution in [-0.4, -0.2) is 65.0 Å². The number of aliphatic carboxylic acids is 1. The summed E-state index contributed by atoms with van der Waals surface area (Å²) in [4.78, 5) is 56.0. The highest BCUT2D eigenvalue weighted by atomic mass is 16.5. The van der Waals surface area contributed by atoms with E-state index in [2.05, 4.69) is 5.32 Å². The van der Waals surface area contributed by atoms with Crippen LogP contribution in [0.1, 0.15) is 51.5 Å². The summed E-state index contributed by atoms with van der Waals surface area (Å²) < 4.78 is 5.20. The van der Waals surface area contributed by atoms with E-state index >= 15 is 0 Å². The van der Waals surface area contributed by atoms with Crippen molar-refractivity contribution >= 4 is 23.7 Å². The summed E-state index contributed by atoms with van der Waals surface area (Å²) in [6.45, 7) is 4.30. The van der Waals surface area contributed by atoms with Crippen molar-refractivity contribution < 1.29 is 29.0 Å². The largest absolute Gasteiger partial charge is 0.497 e. The molecule has 9 heteroatoms. The molecule has 1 aliphatic heterocycles. The number of hydrogen-bond donors (Lipinski definition) is 2. The Kier molecular flexibility index (Phi) is 9.39. The fourth-order valence-corrected chi connectivity index (χ4v) is 5.10. The highest BCUT2D eigenvalue weighted by molar-refractivity contribution is 5.99. The molecule has 4 rings (SSSR count). The summed E-state index contributed by atoms with van der Waals surface area (Å²) in [5.74, 6) is -1.72. The monoisotopic (exact) mass is 557 g/mol. The summed E-state index contributed by atoms with van der Waals surface area (Å²) in [7, 11) is 1.56. The molecule has 41 heavy (non-hydrogen) atoms. The predicted octanol–water partition coefficient (Wildman–Crippen LogP) is 3.89. The second-order valence-electron chi connectivity index (χ2n) is 10.3. The Balaban J connectivity index is 1.67. The summed E-state index contributed by atoms with van der Waals surface area (Å²) in [6.07, 6.45) is -1.08. The van der Waals surface area contributed by atoms with Gasteiger partial charge < -0.3 is 25.0 Å². The summed E-state index contributed by atoms with van der Waals surface area (Å²) in [6, 6.07) is 20.6. The van der Waals surface area contributed by atoms with Gasteiger partial charge in [0.05, 0.1) is 26.0 Å². The lowest BCUT2D eigenvalue weighted by Gasteiger charge is -2.43. The average Bonchev–Trinajstić information content (AvgIpc) is 2.96. The summed E-state index contributed by atoms with van der Waals surface area (Å²) in [5, 5.41) is 12.5. The minimum atomic E-state index is -1.25. The van der Waals surface area contributed by atoms with E-state index in [1.807, 2.05) is 32.0 Å². The number of rotatable bonds is 9. The number of aryl methyl sites for hydroxylation is 2. The molecule has 3 aromatic rings. The molecule has 3 amide bonds. The third-order valence-corrected chi connectivity index (χ3v) is 7.12. The van der Waals surface area contributed by atoms with Gasteiger partial charge in [0.15, 0.2) is 6.17 Å². The molecule has 1 aliphatic rings. The van der Waals surface area contributed by atoms with Gasteiger partial charge in [-0.15, -0.1) is 0 Å². The highest BCUT2D eigenvalue weighted by Crippen LogP contribution is 2.24. The number of ether oxygens (including phenoxy) is 1. The van der Waals surface area contributed by atoms with Gasteiger partial charge in [-0.05, 0) is 55.7 Å².